The van der Waals surface area contributed by atoms with Crippen LogP contribution in [-0.2, 0) is 9.47 Å². The molecule has 0 bridgehead atoms. The minimum Gasteiger partial charge on any atom is -0.377 e. The van der Waals surface area contributed by atoms with Crippen molar-refractivity contribution in [3.05, 3.63) is 0 Å². The summed E-state index contributed by atoms with van der Waals surface area (Å²) in [5, 5.41) is 3.64. The summed E-state index contributed by atoms with van der Waals surface area (Å²) in [5.41, 5.74) is 0. The first-order chi connectivity index (χ1) is 7.26. The second kappa shape index (κ2) is 6.46. The van der Waals surface area contributed by atoms with Crippen molar-refractivity contribution in [1.29, 1.82) is 0 Å². The molecule has 1 fully saturated rings. The minimum atomic E-state index is 0.241. The fourth-order valence-electron chi connectivity index (χ4n) is 2.26. The maximum Gasteiger partial charge on any atom is 0.0986 e. The van der Waals surface area contributed by atoms with Crippen molar-refractivity contribution in [3.63, 3.8) is 0 Å². The van der Waals surface area contributed by atoms with Crippen LogP contribution in [0.15, 0.2) is 0 Å². The SMILES string of the molecule is CCOC1CC(NC(CC)CC)C1OC. The average Bonchev–Trinajstić information content (AvgIpc) is 2.23. The predicted molar refractivity (Wildman–Crippen MR) is 62.1 cm³/mol. The van der Waals surface area contributed by atoms with E-state index in [9.17, 15) is 0 Å². The Morgan fingerprint density at radius 2 is 1.93 bits per heavy atom. The van der Waals surface area contributed by atoms with Crippen LogP contribution in [0.1, 0.15) is 40.0 Å². The van der Waals surface area contributed by atoms with E-state index in [0.717, 1.165) is 13.0 Å². The molecule has 1 aliphatic rings. The highest BCUT2D eigenvalue weighted by atomic mass is 16.5. The Hall–Kier alpha value is -0.120. The maximum atomic E-state index is 5.60. The van der Waals surface area contributed by atoms with Crippen LogP contribution in [-0.4, -0.2) is 38.0 Å². The first kappa shape index (κ1) is 12.9. The van der Waals surface area contributed by atoms with Gasteiger partial charge in [0.25, 0.3) is 0 Å². The molecule has 1 saturated carbocycles. The molecule has 15 heavy (non-hydrogen) atoms. The van der Waals surface area contributed by atoms with Crippen LogP contribution in [0.25, 0.3) is 0 Å². The van der Waals surface area contributed by atoms with Crippen LogP contribution >= 0.6 is 0 Å². The zero-order chi connectivity index (χ0) is 11.3. The Morgan fingerprint density at radius 3 is 2.40 bits per heavy atom. The van der Waals surface area contributed by atoms with Gasteiger partial charge in [0.1, 0.15) is 0 Å². The van der Waals surface area contributed by atoms with Crippen LogP contribution in [0.4, 0.5) is 0 Å². The Morgan fingerprint density at radius 1 is 1.27 bits per heavy atom. The monoisotopic (exact) mass is 215 g/mol. The summed E-state index contributed by atoms with van der Waals surface area (Å²) >= 11 is 0. The summed E-state index contributed by atoms with van der Waals surface area (Å²) in [6, 6.07) is 1.10. The molecule has 0 amide bonds. The second-order valence-electron chi connectivity index (χ2n) is 4.22. The van der Waals surface area contributed by atoms with E-state index in [1.54, 1.807) is 7.11 Å². The summed E-state index contributed by atoms with van der Waals surface area (Å²) in [5.74, 6) is 0. The molecule has 0 aromatic rings. The van der Waals surface area contributed by atoms with Crippen molar-refractivity contribution in [2.45, 2.75) is 64.3 Å². The van der Waals surface area contributed by atoms with Crippen LogP contribution in [0.2, 0.25) is 0 Å². The molecule has 1 N–H and O–H groups in total. The molecule has 3 unspecified atom stereocenters. The van der Waals surface area contributed by atoms with E-state index >= 15 is 0 Å². The number of rotatable bonds is 7. The Labute approximate surface area is 93.5 Å². The smallest absolute Gasteiger partial charge is 0.0986 e. The lowest BCUT2D eigenvalue weighted by atomic mass is 9.84. The lowest BCUT2D eigenvalue weighted by Crippen LogP contribution is -2.61. The van der Waals surface area contributed by atoms with Gasteiger partial charge in [-0.2, -0.15) is 0 Å². The van der Waals surface area contributed by atoms with Crippen molar-refractivity contribution in [2.24, 2.45) is 0 Å². The molecule has 0 heterocycles. The van der Waals surface area contributed by atoms with Crippen LogP contribution < -0.4 is 5.32 Å². The number of hydrogen-bond donors (Lipinski definition) is 1. The second-order valence-corrected chi connectivity index (χ2v) is 4.22. The van der Waals surface area contributed by atoms with Crippen molar-refractivity contribution < 1.29 is 9.47 Å². The van der Waals surface area contributed by atoms with E-state index in [1.807, 2.05) is 6.92 Å². The van der Waals surface area contributed by atoms with Gasteiger partial charge in [-0.25, -0.2) is 0 Å². The van der Waals surface area contributed by atoms with E-state index in [1.165, 1.54) is 12.8 Å². The van der Waals surface area contributed by atoms with Gasteiger partial charge in [0, 0.05) is 25.8 Å². The molecule has 3 nitrogen and oxygen atoms in total. The molecule has 0 radical (unpaired) electrons. The molecular formula is C12H25NO2. The van der Waals surface area contributed by atoms with Gasteiger partial charge in [0.15, 0.2) is 0 Å². The summed E-state index contributed by atoms with van der Waals surface area (Å²) in [6.07, 6.45) is 3.99. The summed E-state index contributed by atoms with van der Waals surface area (Å²) in [7, 11) is 1.78. The quantitative estimate of drug-likeness (QED) is 0.704. The van der Waals surface area contributed by atoms with Gasteiger partial charge >= 0.3 is 0 Å². The normalized spacial score (nSPS) is 30.6. The van der Waals surface area contributed by atoms with Crippen LogP contribution in [0, 0.1) is 0 Å². The van der Waals surface area contributed by atoms with E-state index in [-0.39, 0.29) is 6.10 Å². The maximum absolute atomic E-state index is 5.60. The summed E-state index contributed by atoms with van der Waals surface area (Å²) < 4.78 is 11.1. The molecule has 3 atom stereocenters. The minimum absolute atomic E-state index is 0.241. The lowest BCUT2D eigenvalue weighted by molar-refractivity contribution is -0.133. The van der Waals surface area contributed by atoms with Crippen LogP contribution in [0.5, 0.6) is 0 Å². The Bertz CT molecular complexity index is 171. The third-order valence-corrected chi connectivity index (χ3v) is 3.34. The van der Waals surface area contributed by atoms with Gasteiger partial charge in [-0.3, -0.25) is 0 Å². The van der Waals surface area contributed by atoms with Gasteiger partial charge in [0.05, 0.1) is 12.2 Å². The molecule has 1 rings (SSSR count). The fraction of sp³-hybridized carbons (Fsp3) is 1.00. The van der Waals surface area contributed by atoms with E-state index in [2.05, 4.69) is 19.2 Å². The lowest BCUT2D eigenvalue weighted by Gasteiger charge is -2.45. The third-order valence-electron chi connectivity index (χ3n) is 3.34. The summed E-state index contributed by atoms with van der Waals surface area (Å²) in [6.45, 7) is 7.26. The average molecular weight is 215 g/mol. The van der Waals surface area contributed by atoms with Gasteiger partial charge < -0.3 is 14.8 Å². The first-order valence-electron chi connectivity index (χ1n) is 6.17. The molecule has 0 aliphatic heterocycles. The highest BCUT2D eigenvalue weighted by Gasteiger charge is 2.42. The zero-order valence-corrected chi connectivity index (χ0v) is 10.5. The summed E-state index contributed by atoms with van der Waals surface area (Å²) in [4.78, 5) is 0. The molecule has 3 heteroatoms. The number of nitrogens with one attached hydrogen (secondary N) is 1. The molecule has 0 spiro atoms. The highest BCUT2D eigenvalue weighted by molar-refractivity contribution is 4.98. The molecule has 1 aliphatic carbocycles. The number of methoxy groups -OCH3 is 1. The fourth-order valence-corrected chi connectivity index (χ4v) is 2.26. The Kier molecular flexibility index (Phi) is 5.58. The van der Waals surface area contributed by atoms with E-state index < -0.39 is 0 Å². The molecule has 0 aromatic carbocycles. The highest BCUT2D eigenvalue weighted by Crippen LogP contribution is 2.27. The van der Waals surface area contributed by atoms with Gasteiger partial charge in [-0.15, -0.1) is 0 Å². The van der Waals surface area contributed by atoms with Crippen molar-refractivity contribution in [2.75, 3.05) is 13.7 Å². The number of ether oxygens (including phenoxy) is 2. The molecule has 0 saturated heterocycles. The molecule has 90 valence electrons. The molecule has 0 aromatic heterocycles. The van der Waals surface area contributed by atoms with E-state index in [0.29, 0.717) is 18.2 Å². The third kappa shape index (κ3) is 3.16. The first-order valence-corrected chi connectivity index (χ1v) is 6.17. The topological polar surface area (TPSA) is 30.5 Å². The van der Waals surface area contributed by atoms with Gasteiger partial charge in [-0.05, 0) is 26.2 Å². The predicted octanol–water partition coefficient (Wildman–Crippen LogP) is 1.96. The van der Waals surface area contributed by atoms with Gasteiger partial charge in [-0.1, -0.05) is 13.8 Å². The van der Waals surface area contributed by atoms with Crippen molar-refractivity contribution in [3.8, 4) is 0 Å². The number of hydrogen-bond acceptors (Lipinski definition) is 3. The van der Waals surface area contributed by atoms with E-state index in [4.69, 9.17) is 9.47 Å². The van der Waals surface area contributed by atoms with Crippen LogP contribution in [0.3, 0.4) is 0 Å². The zero-order valence-electron chi connectivity index (χ0n) is 10.5. The van der Waals surface area contributed by atoms with Crippen molar-refractivity contribution in [1.82, 2.24) is 5.32 Å². The Balaban J connectivity index is 2.32. The van der Waals surface area contributed by atoms with Crippen molar-refractivity contribution >= 4 is 0 Å². The largest absolute Gasteiger partial charge is 0.377 e. The molecular weight excluding hydrogens is 190 g/mol. The standard InChI is InChI=1S/C12H25NO2/c1-5-9(6-2)13-10-8-11(15-7-3)12(10)14-4/h9-13H,5-8H2,1-4H3. The van der Waals surface area contributed by atoms with Gasteiger partial charge in [0.2, 0.25) is 0 Å².